The molecule has 0 saturated carbocycles. The second kappa shape index (κ2) is 6.83. The van der Waals surface area contributed by atoms with Gasteiger partial charge >= 0.3 is 0 Å². The summed E-state index contributed by atoms with van der Waals surface area (Å²) < 4.78 is 19.3. The van der Waals surface area contributed by atoms with Crippen LogP contribution in [0, 0.1) is 12.7 Å². The molecule has 0 radical (unpaired) electrons. The number of benzene rings is 2. The number of oxazole rings is 1. The normalized spacial score (nSPS) is 14.6. The maximum absolute atomic E-state index is 13.8. The van der Waals surface area contributed by atoms with E-state index in [0.717, 1.165) is 0 Å². The summed E-state index contributed by atoms with van der Waals surface area (Å²) in [6.07, 6.45) is 0. The van der Waals surface area contributed by atoms with Gasteiger partial charge in [-0.25, -0.2) is 9.37 Å². The van der Waals surface area contributed by atoms with Gasteiger partial charge in [-0.2, -0.15) is 0 Å². The summed E-state index contributed by atoms with van der Waals surface area (Å²) in [5.41, 5.74) is 1.87. The first-order valence-corrected chi connectivity index (χ1v) is 8.73. The number of nitrogens with zero attached hydrogens (tertiary/aromatic N) is 3. The van der Waals surface area contributed by atoms with E-state index < -0.39 is 5.82 Å². The van der Waals surface area contributed by atoms with Gasteiger partial charge in [0.2, 0.25) is 0 Å². The van der Waals surface area contributed by atoms with Crippen molar-refractivity contribution in [2.75, 3.05) is 26.2 Å². The predicted molar refractivity (Wildman–Crippen MR) is 97.0 cm³/mol. The Balaban J connectivity index is 1.44. The highest BCUT2D eigenvalue weighted by Crippen LogP contribution is 2.19. The maximum Gasteiger partial charge on any atom is 0.256 e. The Morgan fingerprint density at radius 3 is 2.37 bits per heavy atom. The van der Waals surface area contributed by atoms with Crippen molar-refractivity contribution in [2.24, 2.45) is 0 Å². The average molecular weight is 367 g/mol. The molecule has 1 aliphatic heterocycles. The molecule has 4 rings (SSSR count). The van der Waals surface area contributed by atoms with Crippen LogP contribution in [0.2, 0.25) is 0 Å². The van der Waals surface area contributed by atoms with Crippen molar-refractivity contribution in [3.63, 3.8) is 0 Å². The molecule has 0 atom stereocenters. The highest BCUT2D eigenvalue weighted by Gasteiger charge is 2.27. The van der Waals surface area contributed by atoms with Crippen molar-refractivity contribution in [1.29, 1.82) is 0 Å². The summed E-state index contributed by atoms with van der Waals surface area (Å²) in [5.74, 6) is -0.450. The smallest absolute Gasteiger partial charge is 0.256 e. The molecule has 0 N–H and O–H groups in total. The number of carbonyl (C=O) groups excluding carboxylic acids is 2. The van der Waals surface area contributed by atoms with E-state index in [1.54, 1.807) is 47.1 Å². The van der Waals surface area contributed by atoms with Crippen LogP contribution >= 0.6 is 0 Å². The van der Waals surface area contributed by atoms with Crippen LogP contribution in [0.25, 0.3) is 11.1 Å². The fraction of sp³-hybridized carbons (Fsp3) is 0.250. The van der Waals surface area contributed by atoms with Gasteiger partial charge < -0.3 is 14.2 Å². The van der Waals surface area contributed by atoms with Gasteiger partial charge in [0, 0.05) is 38.7 Å². The number of rotatable bonds is 2. The van der Waals surface area contributed by atoms with E-state index in [2.05, 4.69) is 4.98 Å². The van der Waals surface area contributed by atoms with E-state index in [0.29, 0.717) is 48.7 Å². The van der Waals surface area contributed by atoms with Crippen LogP contribution in [0.5, 0.6) is 0 Å². The second-order valence-corrected chi connectivity index (χ2v) is 6.48. The van der Waals surface area contributed by atoms with Crippen LogP contribution in [0.4, 0.5) is 4.39 Å². The van der Waals surface area contributed by atoms with Crippen molar-refractivity contribution < 1.29 is 18.4 Å². The van der Waals surface area contributed by atoms with Crippen LogP contribution in [-0.4, -0.2) is 52.8 Å². The van der Waals surface area contributed by atoms with Gasteiger partial charge in [-0.1, -0.05) is 12.1 Å². The van der Waals surface area contributed by atoms with Gasteiger partial charge in [-0.05, 0) is 30.3 Å². The van der Waals surface area contributed by atoms with Gasteiger partial charge in [0.05, 0.1) is 5.56 Å². The molecule has 27 heavy (non-hydrogen) atoms. The molecule has 2 aromatic carbocycles. The zero-order valence-corrected chi connectivity index (χ0v) is 14.8. The minimum Gasteiger partial charge on any atom is -0.441 e. The van der Waals surface area contributed by atoms with E-state index in [4.69, 9.17) is 4.42 Å². The molecular weight excluding hydrogens is 349 g/mol. The number of hydrogen-bond donors (Lipinski definition) is 0. The minimum atomic E-state index is -0.531. The lowest BCUT2D eigenvalue weighted by Crippen LogP contribution is -2.50. The van der Waals surface area contributed by atoms with Crippen molar-refractivity contribution in [2.45, 2.75) is 6.92 Å². The van der Waals surface area contributed by atoms with Crippen molar-refractivity contribution in [3.8, 4) is 0 Å². The van der Waals surface area contributed by atoms with Crippen LogP contribution in [0.3, 0.4) is 0 Å². The topological polar surface area (TPSA) is 66.7 Å². The van der Waals surface area contributed by atoms with E-state index >= 15 is 0 Å². The van der Waals surface area contributed by atoms with Gasteiger partial charge in [-0.3, -0.25) is 9.59 Å². The Hall–Kier alpha value is -3.22. The number of carbonyl (C=O) groups is 2. The van der Waals surface area contributed by atoms with Crippen LogP contribution in [0.1, 0.15) is 26.6 Å². The lowest BCUT2D eigenvalue weighted by atomic mass is 10.1. The zero-order valence-electron chi connectivity index (χ0n) is 14.8. The molecule has 2 amide bonds. The molecule has 7 heteroatoms. The summed E-state index contributed by atoms with van der Waals surface area (Å²) >= 11 is 0. The first kappa shape index (κ1) is 17.2. The third-order valence-electron chi connectivity index (χ3n) is 4.70. The van der Waals surface area contributed by atoms with Crippen molar-refractivity contribution >= 4 is 22.9 Å². The molecule has 0 spiro atoms. The standard InChI is InChI=1S/C20H18FN3O3/c1-13-22-17-7-6-14(12-18(17)27-13)19(25)23-8-10-24(11-9-23)20(26)15-4-2-3-5-16(15)21/h2-7,12H,8-11H2,1H3. The minimum absolute atomic E-state index is 0.0587. The zero-order chi connectivity index (χ0) is 19.0. The van der Waals surface area contributed by atoms with Crippen molar-refractivity contribution in [1.82, 2.24) is 14.8 Å². The number of piperazine rings is 1. The van der Waals surface area contributed by atoms with Crippen LogP contribution in [0.15, 0.2) is 46.9 Å². The predicted octanol–water partition coefficient (Wildman–Crippen LogP) is 2.87. The fourth-order valence-electron chi connectivity index (χ4n) is 3.27. The maximum atomic E-state index is 13.8. The Bertz CT molecular complexity index is 1020. The number of aryl methyl sites for hydroxylation is 1. The Labute approximate surface area is 155 Å². The van der Waals surface area contributed by atoms with Gasteiger partial charge in [-0.15, -0.1) is 0 Å². The number of fused-ring (bicyclic) bond motifs is 1. The van der Waals surface area contributed by atoms with E-state index in [1.165, 1.54) is 12.1 Å². The lowest BCUT2D eigenvalue weighted by molar-refractivity contribution is 0.0533. The van der Waals surface area contributed by atoms with Gasteiger partial charge in [0.15, 0.2) is 11.5 Å². The molecule has 6 nitrogen and oxygen atoms in total. The highest BCUT2D eigenvalue weighted by molar-refractivity contribution is 5.98. The molecule has 1 aliphatic rings. The average Bonchev–Trinajstić information content (AvgIpc) is 3.06. The molecule has 2 heterocycles. The number of amides is 2. The number of hydrogen-bond acceptors (Lipinski definition) is 4. The third kappa shape index (κ3) is 3.28. The molecular formula is C20H18FN3O3. The SMILES string of the molecule is Cc1nc2ccc(C(=O)N3CCN(C(=O)c4ccccc4F)CC3)cc2o1. The molecule has 0 bridgehead atoms. The Morgan fingerprint density at radius 2 is 1.67 bits per heavy atom. The van der Waals surface area contributed by atoms with Crippen molar-refractivity contribution in [3.05, 3.63) is 65.3 Å². The van der Waals surface area contributed by atoms with E-state index in [-0.39, 0.29) is 17.4 Å². The van der Waals surface area contributed by atoms with E-state index in [1.807, 2.05) is 0 Å². The first-order chi connectivity index (χ1) is 13.0. The summed E-state index contributed by atoms with van der Waals surface area (Å²) in [4.78, 5) is 32.7. The lowest BCUT2D eigenvalue weighted by Gasteiger charge is -2.34. The number of aromatic nitrogens is 1. The largest absolute Gasteiger partial charge is 0.441 e. The Kier molecular flexibility index (Phi) is 4.35. The molecule has 3 aromatic rings. The van der Waals surface area contributed by atoms with E-state index in [9.17, 15) is 14.0 Å². The highest BCUT2D eigenvalue weighted by atomic mass is 19.1. The van der Waals surface area contributed by atoms with Gasteiger partial charge in [0.25, 0.3) is 11.8 Å². The number of halogens is 1. The fourth-order valence-corrected chi connectivity index (χ4v) is 3.27. The van der Waals surface area contributed by atoms with Gasteiger partial charge in [0.1, 0.15) is 11.3 Å². The Morgan fingerprint density at radius 1 is 1.00 bits per heavy atom. The van der Waals surface area contributed by atoms with Crippen LogP contribution < -0.4 is 0 Å². The molecule has 1 aromatic heterocycles. The van der Waals surface area contributed by atoms with Crippen LogP contribution in [-0.2, 0) is 0 Å². The summed E-state index contributed by atoms with van der Waals surface area (Å²) in [6.45, 7) is 3.28. The molecule has 1 fully saturated rings. The molecule has 0 unspecified atom stereocenters. The third-order valence-corrected chi connectivity index (χ3v) is 4.70. The quantitative estimate of drug-likeness (QED) is 0.699. The summed E-state index contributed by atoms with van der Waals surface area (Å²) in [5, 5.41) is 0. The molecule has 1 saturated heterocycles. The first-order valence-electron chi connectivity index (χ1n) is 8.73. The summed E-state index contributed by atoms with van der Waals surface area (Å²) in [6, 6.07) is 11.1. The molecule has 0 aliphatic carbocycles. The summed E-state index contributed by atoms with van der Waals surface area (Å²) in [7, 11) is 0. The second-order valence-electron chi connectivity index (χ2n) is 6.48. The monoisotopic (exact) mass is 367 g/mol. The molecule has 138 valence electrons.